The molecule has 1 aliphatic carbocycles. The van der Waals surface area contributed by atoms with Crippen LogP contribution in [0.3, 0.4) is 0 Å². The molecule has 3 unspecified atom stereocenters. The maximum absolute atomic E-state index is 11.1. The van der Waals surface area contributed by atoms with Crippen molar-refractivity contribution in [1.29, 1.82) is 0 Å². The van der Waals surface area contributed by atoms with E-state index in [-0.39, 0.29) is 0 Å². The van der Waals surface area contributed by atoms with Crippen LogP contribution >= 0.6 is 0 Å². The monoisotopic (exact) mass is 255 g/mol. The number of hydrogen-bond donors (Lipinski definition) is 2. The first-order valence-electron chi connectivity index (χ1n) is 6.85. The Morgan fingerprint density at radius 1 is 1.56 bits per heavy atom. The minimum Gasteiger partial charge on any atom is -0.480 e. The highest BCUT2D eigenvalue weighted by atomic mass is 16.4. The van der Waals surface area contributed by atoms with Gasteiger partial charge in [0, 0.05) is 18.6 Å². The summed E-state index contributed by atoms with van der Waals surface area (Å²) in [6.45, 7) is 2.20. The van der Waals surface area contributed by atoms with E-state index in [0.717, 1.165) is 13.0 Å². The van der Waals surface area contributed by atoms with Crippen LogP contribution in [0.4, 0.5) is 0 Å². The van der Waals surface area contributed by atoms with Crippen molar-refractivity contribution in [2.45, 2.75) is 49.7 Å². The van der Waals surface area contributed by atoms with Crippen LogP contribution in [-0.4, -0.2) is 65.7 Å². The van der Waals surface area contributed by atoms with Crippen LogP contribution < -0.4 is 5.73 Å². The smallest absolute Gasteiger partial charge is 0.323 e. The minimum absolute atomic E-state index is 0.320. The maximum Gasteiger partial charge on any atom is 0.323 e. The fourth-order valence-electron chi connectivity index (χ4n) is 3.31. The first-order chi connectivity index (χ1) is 8.42. The van der Waals surface area contributed by atoms with Gasteiger partial charge in [-0.25, -0.2) is 0 Å². The number of nitrogens with two attached hydrogens (primary N) is 1. The molecule has 0 spiro atoms. The highest BCUT2D eigenvalue weighted by Crippen LogP contribution is 2.31. The quantitative estimate of drug-likeness (QED) is 0.758. The largest absolute Gasteiger partial charge is 0.480 e. The molecule has 1 aliphatic heterocycles. The van der Waals surface area contributed by atoms with Crippen molar-refractivity contribution in [3.05, 3.63) is 0 Å². The molecule has 0 aromatic heterocycles. The van der Waals surface area contributed by atoms with Crippen molar-refractivity contribution >= 4 is 5.97 Å². The van der Waals surface area contributed by atoms with Crippen LogP contribution in [0.5, 0.6) is 0 Å². The number of carboxylic acid groups (broad SMARTS) is 1. The molecule has 18 heavy (non-hydrogen) atoms. The van der Waals surface area contributed by atoms with E-state index in [1.54, 1.807) is 0 Å². The number of likely N-dealkylation sites (N-methyl/N-ethyl adjacent to an activating group) is 2. The van der Waals surface area contributed by atoms with Crippen LogP contribution in [0.15, 0.2) is 0 Å². The Balaban J connectivity index is 1.87. The highest BCUT2D eigenvalue weighted by Gasteiger charge is 2.43. The average molecular weight is 255 g/mol. The molecule has 1 saturated heterocycles. The van der Waals surface area contributed by atoms with E-state index in [0.29, 0.717) is 24.9 Å². The van der Waals surface area contributed by atoms with Crippen LogP contribution in [0.25, 0.3) is 0 Å². The zero-order valence-electron chi connectivity index (χ0n) is 11.4. The molecule has 1 heterocycles. The van der Waals surface area contributed by atoms with Crippen molar-refractivity contribution in [1.82, 2.24) is 9.80 Å². The third-order valence-corrected chi connectivity index (χ3v) is 4.74. The summed E-state index contributed by atoms with van der Waals surface area (Å²) >= 11 is 0. The van der Waals surface area contributed by atoms with E-state index in [2.05, 4.69) is 23.9 Å². The molecule has 0 aromatic rings. The summed E-state index contributed by atoms with van der Waals surface area (Å²) in [6, 6.07) is 0.938. The predicted molar refractivity (Wildman–Crippen MR) is 70.5 cm³/mol. The van der Waals surface area contributed by atoms with Crippen LogP contribution in [-0.2, 0) is 4.79 Å². The summed E-state index contributed by atoms with van der Waals surface area (Å²) in [5, 5.41) is 9.15. The molecule has 5 nitrogen and oxygen atoms in total. The number of nitrogens with zero attached hydrogens (tertiary/aromatic N) is 2. The summed E-state index contributed by atoms with van der Waals surface area (Å²) < 4.78 is 0. The molecule has 1 saturated carbocycles. The Morgan fingerprint density at radius 2 is 2.28 bits per heavy atom. The van der Waals surface area contributed by atoms with Crippen LogP contribution in [0.2, 0.25) is 0 Å². The molecular weight excluding hydrogens is 230 g/mol. The molecule has 3 N–H and O–H groups in total. The van der Waals surface area contributed by atoms with E-state index in [4.69, 9.17) is 10.8 Å². The molecule has 2 rings (SSSR count). The zero-order chi connectivity index (χ0) is 13.3. The second-order valence-corrected chi connectivity index (χ2v) is 6.07. The van der Waals surface area contributed by atoms with Gasteiger partial charge in [-0.1, -0.05) is 0 Å². The van der Waals surface area contributed by atoms with E-state index in [1.807, 2.05) is 0 Å². The number of rotatable bonds is 4. The third kappa shape index (κ3) is 2.68. The van der Waals surface area contributed by atoms with Gasteiger partial charge in [-0.15, -0.1) is 0 Å². The van der Waals surface area contributed by atoms with E-state index in [1.165, 1.54) is 19.4 Å². The fourth-order valence-corrected chi connectivity index (χ4v) is 3.31. The van der Waals surface area contributed by atoms with E-state index >= 15 is 0 Å². The second kappa shape index (κ2) is 5.15. The molecule has 0 amide bonds. The van der Waals surface area contributed by atoms with Gasteiger partial charge in [-0.05, 0) is 52.7 Å². The van der Waals surface area contributed by atoms with Crippen molar-refractivity contribution < 1.29 is 9.90 Å². The van der Waals surface area contributed by atoms with Crippen LogP contribution in [0, 0.1) is 0 Å². The molecule has 104 valence electrons. The summed E-state index contributed by atoms with van der Waals surface area (Å²) in [6.07, 6.45) is 4.60. The van der Waals surface area contributed by atoms with Crippen LogP contribution in [0.1, 0.15) is 32.1 Å². The fraction of sp³-hybridized carbons (Fsp3) is 0.923. The standard InChI is InChI=1S/C13H25N3O2/c1-15-7-3-4-11(15)9-16(2)10-5-6-13(14,8-10)12(17)18/h10-11H,3-9,14H2,1-2H3,(H,17,18). The van der Waals surface area contributed by atoms with Gasteiger partial charge >= 0.3 is 5.97 Å². The van der Waals surface area contributed by atoms with Crippen molar-refractivity contribution in [3.63, 3.8) is 0 Å². The molecule has 0 radical (unpaired) electrons. The summed E-state index contributed by atoms with van der Waals surface area (Å²) in [4.78, 5) is 15.8. The number of carbonyl (C=O) groups is 1. The van der Waals surface area contributed by atoms with Crippen molar-refractivity contribution in [2.75, 3.05) is 27.2 Å². The van der Waals surface area contributed by atoms with Crippen molar-refractivity contribution in [2.24, 2.45) is 5.73 Å². The Bertz CT molecular complexity index is 323. The third-order valence-electron chi connectivity index (χ3n) is 4.74. The minimum atomic E-state index is -0.999. The lowest BCUT2D eigenvalue weighted by Gasteiger charge is -2.30. The first-order valence-corrected chi connectivity index (χ1v) is 6.85. The van der Waals surface area contributed by atoms with Gasteiger partial charge in [0.15, 0.2) is 0 Å². The molecule has 5 heteroatoms. The zero-order valence-corrected chi connectivity index (χ0v) is 11.4. The number of hydrogen-bond acceptors (Lipinski definition) is 4. The lowest BCUT2D eigenvalue weighted by atomic mass is 9.99. The Morgan fingerprint density at radius 3 is 2.78 bits per heavy atom. The Kier molecular flexibility index (Phi) is 3.94. The number of carboxylic acids is 1. The normalized spacial score (nSPS) is 37.6. The molecule has 0 bridgehead atoms. The second-order valence-electron chi connectivity index (χ2n) is 6.07. The summed E-state index contributed by atoms with van der Waals surface area (Å²) in [7, 11) is 4.27. The van der Waals surface area contributed by atoms with Gasteiger partial charge in [-0.3, -0.25) is 4.79 Å². The Hall–Kier alpha value is -0.650. The van der Waals surface area contributed by atoms with Crippen molar-refractivity contribution in [3.8, 4) is 0 Å². The van der Waals surface area contributed by atoms with E-state index < -0.39 is 11.5 Å². The predicted octanol–water partition coefficient (Wildman–Crippen LogP) is 0.347. The number of aliphatic carboxylic acids is 1. The molecule has 2 fully saturated rings. The van der Waals surface area contributed by atoms with Gasteiger partial charge in [0.2, 0.25) is 0 Å². The summed E-state index contributed by atoms with van der Waals surface area (Å²) in [5.74, 6) is -0.851. The number of likely N-dealkylation sites (tertiary alicyclic amines) is 1. The lowest BCUT2D eigenvalue weighted by molar-refractivity contribution is -0.143. The van der Waals surface area contributed by atoms with Gasteiger partial charge < -0.3 is 20.6 Å². The molecular formula is C13H25N3O2. The summed E-state index contributed by atoms with van der Waals surface area (Å²) in [5.41, 5.74) is 4.93. The van der Waals surface area contributed by atoms with Gasteiger partial charge in [0.25, 0.3) is 0 Å². The molecule has 0 aromatic carbocycles. The topological polar surface area (TPSA) is 69.8 Å². The van der Waals surface area contributed by atoms with Gasteiger partial charge in [0.1, 0.15) is 5.54 Å². The van der Waals surface area contributed by atoms with Gasteiger partial charge in [-0.2, -0.15) is 0 Å². The highest BCUT2D eigenvalue weighted by molar-refractivity contribution is 5.79. The molecule has 3 atom stereocenters. The average Bonchev–Trinajstić information content (AvgIpc) is 2.87. The molecule has 2 aliphatic rings. The Labute approximate surface area is 109 Å². The SMILES string of the molecule is CN1CCCC1CN(C)C1CCC(N)(C(=O)O)C1. The first kappa shape index (κ1) is 13.8. The van der Waals surface area contributed by atoms with E-state index in [9.17, 15) is 4.79 Å². The van der Waals surface area contributed by atoms with Gasteiger partial charge in [0.05, 0.1) is 0 Å². The maximum atomic E-state index is 11.1. The lowest BCUT2D eigenvalue weighted by Crippen LogP contribution is -2.48.